The molecular formula is C29H26O3S2. The molecule has 0 radical (unpaired) electrons. The predicted molar refractivity (Wildman–Crippen MR) is 139 cm³/mol. The van der Waals surface area contributed by atoms with Crippen LogP contribution in [0.1, 0.15) is 36.5 Å². The van der Waals surface area contributed by atoms with Crippen LogP contribution in [-0.4, -0.2) is 17.0 Å². The maximum atomic E-state index is 13.5. The van der Waals surface area contributed by atoms with Gasteiger partial charge in [0.15, 0.2) is 11.0 Å². The molecule has 34 heavy (non-hydrogen) atoms. The molecule has 0 N–H and O–H groups in total. The topological polar surface area (TPSA) is 43.4 Å². The maximum absolute atomic E-state index is 13.5. The van der Waals surface area contributed by atoms with Crippen LogP contribution in [0.3, 0.4) is 0 Å². The number of hydrogen-bond acceptors (Lipinski definition) is 5. The SMILES string of the molecule is CCc1c(SC2C(=O)CC(CCc3ccccc3)(c3ccccc3)OC2=O)sc2ccccc12. The molecule has 1 aromatic heterocycles. The van der Waals surface area contributed by atoms with Gasteiger partial charge in [0.05, 0.1) is 10.6 Å². The number of cyclic esters (lactones) is 1. The fraction of sp³-hybridized carbons (Fsp3) is 0.241. The van der Waals surface area contributed by atoms with Crippen LogP contribution in [0.25, 0.3) is 10.1 Å². The number of rotatable bonds is 7. The van der Waals surface area contributed by atoms with Crippen LogP contribution in [0, 0.1) is 0 Å². The van der Waals surface area contributed by atoms with E-state index in [0.29, 0.717) is 6.42 Å². The molecule has 0 aliphatic carbocycles. The van der Waals surface area contributed by atoms with E-state index in [1.165, 1.54) is 27.4 Å². The van der Waals surface area contributed by atoms with Gasteiger partial charge in [-0.05, 0) is 47.4 Å². The molecule has 3 aromatic carbocycles. The zero-order valence-corrected chi connectivity index (χ0v) is 20.7. The van der Waals surface area contributed by atoms with Crippen molar-refractivity contribution < 1.29 is 14.3 Å². The van der Waals surface area contributed by atoms with Gasteiger partial charge in [-0.1, -0.05) is 97.5 Å². The Hall–Kier alpha value is -2.89. The normalized spacial score (nSPS) is 20.4. The lowest BCUT2D eigenvalue weighted by Crippen LogP contribution is -2.47. The molecule has 0 bridgehead atoms. The summed E-state index contributed by atoms with van der Waals surface area (Å²) in [5, 5.41) is 0.377. The number of ether oxygens (including phenoxy) is 1. The molecule has 2 unspecified atom stereocenters. The molecule has 2 atom stereocenters. The zero-order chi connectivity index (χ0) is 23.5. The van der Waals surface area contributed by atoms with Gasteiger partial charge in [-0.15, -0.1) is 11.3 Å². The average molecular weight is 487 g/mol. The molecule has 5 heteroatoms. The van der Waals surface area contributed by atoms with E-state index in [-0.39, 0.29) is 12.2 Å². The highest BCUT2D eigenvalue weighted by Gasteiger charge is 2.48. The summed E-state index contributed by atoms with van der Waals surface area (Å²) in [6.07, 6.45) is 2.34. The van der Waals surface area contributed by atoms with Gasteiger partial charge in [0, 0.05) is 4.70 Å². The van der Waals surface area contributed by atoms with Gasteiger partial charge in [-0.25, -0.2) is 0 Å². The number of benzene rings is 3. The summed E-state index contributed by atoms with van der Waals surface area (Å²) in [4.78, 5) is 26.9. The van der Waals surface area contributed by atoms with Crippen LogP contribution in [-0.2, 0) is 32.8 Å². The summed E-state index contributed by atoms with van der Waals surface area (Å²) >= 11 is 3.02. The van der Waals surface area contributed by atoms with E-state index < -0.39 is 16.8 Å². The van der Waals surface area contributed by atoms with Gasteiger partial charge in [-0.3, -0.25) is 9.59 Å². The number of aryl methyl sites for hydroxylation is 2. The molecule has 5 rings (SSSR count). The van der Waals surface area contributed by atoms with Crippen molar-refractivity contribution in [3.63, 3.8) is 0 Å². The van der Waals surface area contributed by atoms with Crippen molar-refractivity contribution in [2.75, 3.05) is 0 Å². The van der Waals surface area contributed by atoms with Crippen molar-refractivity contribution in [2.24, 2.45) is 0 Å². The molecule has 0 saturated carbocycles. The van der Waals surface area contributed by atoms with Crippen LogP contribution in [0.15, 0.2) is 89.1 Å². The third kappa shape index (κ3) is 4.42. The van der Waals surface area contributed by atoms with E-state index >= 15 is 0 Å². The maximum Gasteiger partial charge on any atom is 0.328 e. The van der Waals surface area contributed by atoms with Crippen molar-refractivity contribution >= 4 is 44.9 Å². The zero-order valence-electron chi connectivity index (χ0n) is 19.0. The minimum atomic E-state index is -0.934. The number of ketones is 1. The number of carbonyl (C=O) groups excluding carboxylic acids is 2. The summed E-state index contributed by atoms with van der Waals surface area (Å²) in [6, 6.07) is 28.1. The molecule has 1 saturated heterocycles. The van der Waals surface area contributed by atoms with E-state index in [2.05, 4.69) is 31.2 Å². The number of hydrogen-bond donors (Lipinski definition) is 0. The molecule has 4 aromatic rings. The predicted octanol–water partition coefficient (Wildman–Crippen LogP) is 6.97. The minimum Gasteiger partial charge on any atom is -0.453 e. The Balaban J connectivity index is 1.43. The van der Waals surface area contributed by atoms with E-state index in [4.69, 9.17) is 4.74 Å². The second-order valence-corrected chi connectivity index (χ2v) is 11.1. The number of fused-ring (bicyclic) bond motifs is 1. The van der Waals surface area contributed by atoms with Crippen molar-refractivity contribution in [2.45, 2.75) is 47.7 Å². The van der Waals surface area contributed by atoms with Crippen LogP contribution in [0.4, 0.5) is 0 Å². The summed E-state index contributed by atoms with van der Waals surface area (Å²) in [6.45, 7) is 2.11. The summed E-state index contributed by atoms with van der Waals surface area (Å²) in [5.41, 5.74) is 2.31. The Labute approximate surface area is 208 Å². The second kappa shape index (κ2) is 9.77. The molecule has 3 nitrogen and oxygen atoms in total. The van der Waals surface area contributed by atoms with Gasteiger partial charge in [0.1, 0.15) is 5.60 Å². The van der Waals surface area contributed by atoms with Crippen molar-refractivity contribution in [1.82, 2.24) is 0 Å². The van der Waals surface area contributed by atoms with Crippen LogP contribution < -0.4 is 0 Å². The Kier molecular flexibility index (Phi) is 6.57. The monoisotopic (exact) mass is 486 g/mol. The van der Waals surface area contributed by atoms with Gasteiger partial charge < -0.3 is 4.74 Å². The first-order valence-corrected chi connectivity index (χ1v) is 13.3. The van der Waals surface area contributed by atoms with E-state index in [9.17, 15) is 9.59 Å². The fourth-order valence-electron chi connectivity index (χ4n) is 4.69. The molecule has 172 valence electrons. The number of thiophene rings is 1. The molecule has 0 spiro atoms. The minimum absolute atomic E-state index is 0.0577. The Morgan fingerprint density at radius 1 is 0.941 bits per heavy atom. The summed E-state index contributed by atoms with van der Waals surface area (Å²) in [7, 11) is 0. The molecule has 2 heterocycles. The lowest BCUT2D eigenvalue weighted by atomic mass is 9.81. The highest BCUT2D eigenvalue weighted by Crippen LogP contribution is 2.45. The van der Waals surface area contributed by atoms with E-state index in [1.807, 2.05) is 60.7 Å². The van der Waals surface area contributed by atoms with Crippen LogP contribution in [0.2, 0.25) is 0 Å². The van der Waals surface area contributed by atoms with Gasteiger partial charge >= 0.3 is 5.97 Å². The Morgan fingerprint density at radius 3 is 2.32 bits per heavy atom. The summed E-state index contributed by atoms with van der Waals surface area (Å²) in [5.74, 6) is -0.490. The number of esters is 1. The molecule has 0 amide bonds. The highest BCUT2D eigenvalue weighted by atomic mass is 32.2. The molecular weight excluding hydrogens is 460 g/mol. The first kappa shape index (κ1) is 22.9. The Morgan fingerprint density at radius 2 is 1.62 bits per heavy atom. The summed E-state index contributed by atoms with van der Waals surface area (Å²) < 4.78 is 8.43. The van der Waals surface area contributed by atoms with E-state index in [0.717, 1.165) is 28.2 Å². The molecule has 1 aliphatic heterocycles. The van der Waals surface area contributed by atoms with Crippen molar-refractivity contribution in [3.05, 3.63) is 102 Å². The molecule has 1 fully saturated rings. The third-order valence-electron chi connectivity index (χ3n) is 6.46. The van der Waals surface area contributed by atoms with Crippen LogP contribution >= 0.6 is 23.1 Å². The Bertz CT molecular complexity index is 1290. The van der Waals surface area contributed by atoms with Crippen LogP contribution in [0.5, 0.6) is 0 Å². The average Bonchev–Trinajstić information content (AvgIpc) is 3.23. The van der Waals surface area contributed by atoms with Gasteiger partial charge in [0.25, 0.3) is 0 Å². The first-order chi connectivity index (χ1) is 16.6. The van der Waals surface area contributed by atoms with Gasteiger partial charge in [-0.2, -0.15) is 0 Å². The van der Waals surface area contributed by atoms with Crippen molar-refractivity contribution in [3.8, 4) is 0 Å². The lowest BCUT2D eigenvalue weighted by molar-refractivity contribution is -0.171. The van der Waals surface area contributed by atoms with E-state index in [1.54, 1.807) is 11.3 Å². The molecule has 1 aliphatic rings. The fourth-order valence-corrected chi connectivity index (χ4v) is 7.44. The first-order valence-electron chi connectivity index (χ1n) is 11.6. The van der Waals surface area contributed by atoms with Gasteiger partial charge in [0.2, 0.25) is 0 Å². The third-order valence-corrected chi connectivity index (χ3v) is 9.16. The number of Topliss-reactive ketones (excluding diaryl/α,β-unsaturated/α-hetero) is 1. The smallest absolute Gasteiger partial charge is 0.328 e. The quantitative estimate of drug-likeness (QED) is 0.209. The lowest BCUT2D eigenvalue weighted by Gasteiger charge is -2.39. The van der Waals surface area contributed by atoms with Crippen molar-refractivity contribution in [1.29, 1.82) is 0 Å². The standard InChI is InChI=1S/C29H26O3S2/c1-2-22-23-15-9-10-16-25(23)33-28(22)34-26-24(30)19-29(32-27(26)31,21-13-7-4-8-14-21)18-17-20-11-5-3-6-12-20/h3-16,26H,2,17-19H2,1H3. The number of carbonyl (C=O) groups is 2. The second-order valence-electron chi connectivity index (χ2n) is 8.63. The largest absolute Gasteiger partial charge is 0.453 e. The number of thioether (sulfide) groups is 1. The highest BCUT2D eigenvalue weighted by molar-refractivity contribution is 8.03.